The summed E-state index contributed by atoms with van der Waals surface area (Å²) >= 11 is 3.33. The van der Waals surface area contributed by atoms with Crippen LogP contribution in [-0.2, 0) is 0 Å². The van der Waals surface area contributed by atoms with Crippen molar-refractivity contribution in [2.24, 2.45) is 0 Å². The fraction of sp³-hybridized carbons (Fsp3) is 0.714. The van der Waals surface area contributed by atoms with Crippen LogP contribution in [0.5, 0.6) is 0 Å². The number of rotatable bonds is 1. The van der Waals surface area contributed by atoms with Gasteiger partial charge in [-0.2, -0.15) is 5.01 Å². The average Bonchev–Trinajstić information content (AvgIpc) is 2.49. The standard InChI is InChI=1S/C7H12BrN4O/c8-6-7(9)13-10-12(6)11-4-2-1-3-5-11/h1-5,9H2/q+1. The van der Waals surface area contributed by atoms with E-state index in [4.69, 9.17) is 10.3 Å². The van der Waals surface area contributed by atoms with Gasteiger partial charge in [-0.05, 0) is 19.3 Å². The number of halogens is 1. The molecular weight excluding hydrogens is 236 g/mol. The van der Waals surface area contributed by atoms with E-state index in [0.717, 1.165) is 13.1 Å². The van der Waals surface area contributed by atoms with Gasteiger partial charge in [-0.25, -0.2) is 0 Å². The molecule has 5 nitrogen and oxygen atoms in total. The van der Waals surface area contributed by atoms with E-state index in [2.05, 4.69) is 26.2 Å². The second-order valence-corrected chi connectivity index (χ2v) is 3.88. The van der Waals surface area contributed by atoms with Gasteiger partial charge < -0.3 is 5.73 Å². The lowest BCUT2D eigenvalue weighted by Crippen LogP contribution is -2.61. The minimum absolute atomic E-state index is 0.325. The first kappa shape index (κ1) is 8.80. The van der Waals surface area contributed by atoms with E-state index in [-0.39, 0.29) is 0 Å². The molecule has 0 aliphatic carbocycles. The predicted molar refractivity (Wildman–Crippen MR) is 50.6 cm³/mol. The molecule has 2 N–H and O–H groups in total. The third-order valence-corrected chi connectivity index (χ3v) is 2.90. The van der Waals surface area contributed by atoms with E-state index in [1.165, 1.54) is 19.3 Å². The van der Waals surface area contributed by atoms with E-state index < -0.39 is 0 Å². The maximum absolute atomic E-state index is 5.52. The lowest BCUT2D eigenvalue weighted by atomic mass is 10.2. The summed E-state index contributed by atoms with van der Waals surface area (Å²) in [4.78, 5) is 1.69. The second kappa shape index (κ2) is 3.53. The lowest BCUT2D eigenvalue weighted by molar-refractivity contribution is -0.768. The van der Waals surface area contributed by atoms with Crippen LogP contribution in [0.1, 0.15) is 19.3 Å². The van der Waals surface area contributed by atoms with Gasteiger partial charge in [0.25, 0.3) is 0 Å². The molecule has 0 spiro atoms. The number of nitrogens with two attached hydrogens (primary N) is 1. The van der Waals surface area contributed by atoms with Gasteiger partial charge >= 0.3 is 10.5 Å². The summed E-state index contributed by atoms with van der Waals surface area (Å²) in [5.41, 5.74) is 5.52. The summed E-state index contributed by atoms with van der Waals surface area (Å²) in [6.07, 6.45) is 3.69. The van der Waals surface area contributed by atoms with Crippen LogP contribution in [0, 0.1) is 0 Å². The molecule has 1 aliphatic rings. The normalized spacial score (nSPS) is 17.8. The van der Waals surface area contributed by atoms with Crippen LogP contribution in [0.4, 0.5) is 5.88 Å². The Kier molecular flexibility index (Phi) is 2.39. The molecule has 72 valence electrons. The first-order chi connectivity index (χ1) is 6.29. The highest BCUT2D eigenvalue weighted by molar-refractivity contribution is 9.10. The van der Waals surface area contributed by atoms with Gasteiger partial charge in [0, 0.05) is 15.9 Å². The first-order valence-electron chi connectivity index (χ1n) is 4.37. The molecule has 2 heterocycles. The molecule has 0 bridgehead atoms. The molecule has 6 heteroatoms. The fourth-order valence-electron chi connectivity index (χ4n) is 1.50. The molecule has 1 aromatic heterocycles. The molecule has 1 saturated heterocycles. The van der Waals surface area contributed by atoms with Crippen molar-refractivity contribution in [3.05, 3.63) is 4.60 Å². The van der Waals surface area contributed by atoms with Crippen molar-refractivity contribution in [2.45, 2.75) is 19.3 Å². The van der Waals surface area contributed by atoms with Crippen LogP contribution in [0.15, 0.2) is 9.13 Å². The van der Waals surface area contributed by atoms with Crippen LogP contribution in [0.3, 0.4) is 0 Å². The minimum atomic E-state index is 0.325. The van der Waals surface area contributed by atoms with Crippen molar-refractivity contribution >= 4 is 21.8 Å². The van der Waals surface area contributed by atoms with Crippen LogP contribution < -0.4 is 15.5 Å². The zero-order chi connectivity index (χ0) is 9.26. The molecule has 13 heavy (non-hydrogen) atoms. The molecule has 1 fully saturated rings. The van der Waals surface area contributed by atoms with Gasteiger partial charge in [0.05, 0.1) is 17.9 Å². The Balaban J connectivity index is 2.18. The van der Waals surface area contributed by atoms with Crippen molar-refractivity contribution in [3.8, 4) is 0 Å². The highest BCUT2D eigenvalue weighted by Gasteiger charge is 2.27. The van der Waals surface area contributed by atoms with Crippen molar-refractivity contribution in [1.82, 2.24) is 5.27 Å². The molecule has 1 aliphatic heterocycles. The van der Waals surface area contributed by atoms with Crippen molar-refractivity contribution in [3.63, 3.8) is 0 Å². The Hall–Kier alpha value is -0.780. The molecule has 0 aromatic carbocycles. The van der Waals surface area contributed by atoms with E-state index in [1.807, 2.05) is 0 Å². The summed E-state index contributed by atoms with van der Waals surface area (Å²) in [5.74, 6) is 0.325. The smallest absolute Gasteiger partial charge is 0.361 e. The summed E-state index contributed by atoms with van der Waals surface area (Å²) < 4.78 is 5.55. The Morgan fingerprint density at radius 3 is 2.62 bits per heavy atom. The number of aromatic nitrogens is 2. The highest BCUT2D eigenvalue weighted by atomic mass is 79.9. The number of nitrogen functional groups attached to an aromatic ring is 1. The molecule has 2 rings (SSSR count). The summed E-state index contributed by atoms with van der Waals surface area (Å²) in [6.45, 7) is 2.02. The summed E-state index contributed by atoms with van der Waals surface area (Å²) in [6, 6.07) is 0. The number of hydrogen-bond acceptors (Lipinski definition) is 4. The van der Waals surface area contributed by atoms with Gasteiger partial charge in [-0.3, -0.25) is 4.52 Å². The molecule has 0 amide bonds. The van der Waals surface area contributed by atoms with E-state index in [0.29, 0.717) is 10.5 Å². The van der Waals surface area contributed by atoms with Gasteiger partial charge in [-0.15, -0.1) is 0 Å². The quantitative estimate of drug-likeness (QED) is 0.732. The Bertz CT molecular complexity index is 295. The van der Waals surface area contributed by atoms with Crippen LogP contribution >= 0.6 is 15.9 Å². The van der Waals surface area contributed by atoms with E-state index >= 15 is 0 Å². The van der Waals surface area contributed by atoms with Crippen LogP contribution in [-0.4, -0.2) is 18.4 Å². The zero-order valence-corrected chi connectivity index (χ0v) is 8.83. The zero-order valence-electron chi connectivity index (χ0n) is 7.24. The summed E-state index contributed by atoms with van der Waals surface area (Å²) in [5, 5.41) is 5.95. The number of anilines is 1. The van der Waals surface area contributed by atoms with Crippen molar-refractivity contribution in [2.75, 3.05) is 23.8 Å². The second-order valence-electron chi connectivity index (χ2n) is 3.13. The number of hydrogen-bond donors (Lipinski definition) is 1. The Morgan fingerprint density at radius 1 is 1.38 bits per heavy atom. The van der Waals surface area contributed by atoms with Crippen LogP contribution in [0.2, 0.25) is 0 Å². The van der Waals surface area contributed by atoms with Gasteiger partial charge in [-0.1, -0.05) is 0 Å². The molecule has 0 atom stereocenters. The maximum atomic E-state index is 5.52. The molecule has 0 radical (unpaired) electrons. The monoisotopic (exact) mass is 247 g/mol. The Morgan fingerprint density at radius 2 is 2.08 bits per heavy atom. The van der Waals surface area contributed by atoms with Crippen molar-refractivity contribution < 1.29 is 9.31 Å². The predicted octanol–water partition coefficient (Wildman–Crippen LogP) is 0.429. The van der Waals surface area contributed by atoms with Gasteiger partial charge in [0.2, 0.25) is 5.27 Å². The largest absolute Gasteiger partial charge is 0.372 e. The Labute approximate surface area is 84.6 Å². The SMILES string of the molecule is Nc1on[n+](N2CCCCC2)c1Br. The topological polar surface area (TPSA) is 59.2 Å². The number of piperidine rings is 1. The first-order valence-corrected chi connectivity index (χ1v) is 5.16. The fourth-order valence-corrected chi connectivity index (χ4v) is 1.86. The maximum Gasteiger partial charge on any atom is 0.372 e. The van der Waals surface area contributed by atoms with E-state index in [9.17, 15) is 0 Å². The lowest BCUT2D eigenvalue weighted by Gasteiger charge is -2.18. The highest BCUT2D eigenvalue weighted by Crippen LogP contribution is 2.13. The third kappa shape index (κ3) is 1.63. The van der Waals surface area contributed by atoms with Gasteiger partial charge in [0.15, 0.2) is 0 Å². The molecule has 1 aromatic rings. The summed E-state index contributed by atoms with van der Waals surface area (Å²) in [7, 11) is 0. The van der Waals surface area contributed by atoms with Crippen LogP contribution in [0.25, 0.3) is 0 Å². The molecule has 0 unspecified atom stereocenters. The molecular formula is C7H12BrN4O+. The average molecular weight is 248 g/mol. The van der Waals surface area contributed by atoms with E-state index in [1.54, 1.807) is 4.79 Å². The van der Waals surface area contributed by atoms with Gasteiger partial charge in [0.1, 0.15) is 0 Å². The minimum Gasteiger partial charge on any atom is -0.361 e. The number of nitrogens with zero attached hydrogens (tertiary/aromatic N) is 3. The third-order valence-electron chi connectivity index (χ3n) is 2.20. The van der Waals surface area contributed by atoms with Crippen molar-refractivity contribution in [1.29, 1.82) is 0 Å². The molecule has 0 saturated carbocycles.